The van der Waals surface area contributed by atoms with Gasteiger partial charge >= 0.3 is 0 Å². The molecule has 0 spiro atoms. The number of aromatic nitrogens is 5. The molecular formula is C25H19F2N7O4. The molecule has 11 nitrogen and oxygen atoms in total. The van der Waals surface area contributed by atoms with Crippen molar-refractivity contribution in [2.45, 2.75) is 6.92 Å². The Balaban J connectivity index is 1.33. The van der Waals surface area contributed by atoms with Gasteiger partial charge in [-0.15, -0.1) is 0 Å². The Morgan fingerprint density at radius 1 is 1.11 bits per heavy atom. The largest absolute Gasteiger partial charge is 0.454 e. The molecule has 0 aliphatic carbocycles. The highest BCUT2D eigenvalue weighted by molar-refractivity contribution is 6.01. The zero-order valence-electron chi connectivity index (χ0n) is 20.0. The minimum atomic E-state index is -0.803. The first-order valence-electron chi connectivity index (χ1n) is 11.4. The third kappa shape index (κ3) is 3.99. The SMILES string of the molecule is CNC(=O)c1c(Nc2cc(-c3ccc4c(c3)OCO4)[nH]n2)ncnc1Oc1cc(F)c2[nH]c(C)cc2c1F. The molecule has 6 rings (SSSR count). The number of fused-ring (bicyclic) bond motifs is 2. The zero-order valence-corrected chi connectivity index (χ0v) is 20.0. The summed E-state index contributed by atoms with van der Waals surface area (Å²) in [4.78, 5) is 23.7. The van der Waals surface area contributed by atoms with E-state index in [1.54, 1.807) is 19.1 Å². The zero-order chi connectivity index (χ0) is 26.4. The number of H-pyrrole nitrogens is 2. The van der Waals surface area contributed by atoms with E-state index < -0.39 is 23.3 Å². The van der Waals surface area contributed by atoms with Crippen molar-refractivity contribution in [3.8, 4) is 34.4 Å². The number of hydrogen-bond donors (Lipinski definition) is 4. The Kier molecular flexibility index (Phi) is 5.52. The molecule has 38 heavy (non-hydrogen) atoms. The third-order valence-corrected chi connectivity index (χ3v) is 5.88. The fourth-order valence-corrected chi connectivity index (χ4v) is 4.10. The van der Waals surface area contributed by atoms with E-state index in [0.717, 1.165) is 18.0 Å². The van der Waals surface area contributed by atoms with E-state index in [2.05, 4.69) is 35.8 Å². The van der Waals surface area contributed by atoms with Crippen molar-refractivity contribution < 1.29 is 27.8 Å². The molecule has 1 aliphatic rings. The molecule has 0 fully saturated rings. The summed E-state index contributed by atoms with van der Waals surface area (Å²) in [6.45, 7) is 1.84. The van der Waals surface area contributed by atoms with Crippen molar-refractivity contribution in [2.75, 3.05) is 19.2 Å². The molecule has 1 amide bonds. The van der Waals surface area contributed by atoms with Gasteiger partial charge in [-0.3, -0.25) is 9.89 Å². The van der Waals surface area contributed by atoms with Gasteiger partial charge in [0.1, 0.15) is 11.9 Å². The summed E-state index contributed by atoms with van der Waals surface area (Å²) in [5, 5.41) is 12.6. The van der Waals surface area contributed by atoms with Gasteiger partial charge in [-0.25, -0.2) is 18.7 Å². The number of nitrogens with one attached hydrogen (secondary N) is 4. The van der Waals surface area contributed by atoms with Crippen LogP contribution in [0, 0.1) is 18.6 Å². The molecule has 0 bridgehead atoms. The van der Waals surface area contributed by atoms with Gasteiger partial charge in [0.05, 0.1) is 11.2 Å². The van der Waals surface area contributed by atoms with Crippen LogP contribution >= 0.6 is 0 Å². The highest BCUT2D eigenvalue weighted by atomic mass is 19.1. The lowest BCUT2D eigenvalue weighted by Crippen LogP contribution is -2.21. The van der Waals surface area contributed by atoms with Gasteiger partial charge in [0.25, 0.3) is 5.91 Å². The summed E-state index contributed by atoms with van der Waals surface area (Å²) in [5.74, 6) is -1.22. The van der Waals surface area contributed by atoms with E-state index in [1.165, 1.54) is 13.1 Å². The van der Waals surface area contributed by atoms with Crippen molar-refractivity contribution >= 4 is 28.4 Å². The number of amides is 1. The Bertz CT molecular complexity index is 1720. The molecule has 0 saturated carbocycles. The van der Waals surface area contributed by atoms with Gasteiger partial charge in [0.15, 0.2) is 40.5 Å². The molecule has 1 aliphatic heterocycles. The molecule has 2 aromatic carbocycles. The van der Waals surface area contributed by atoms with Gasteiger partial charge in [0, 0.05) is 35.8 Å². The van der Waals surface area contributed by atoms with E-state index in [9.17, 15) is 9.18 Å². The average Bonchev–Trinajstić information content (AvgIpc) is 3.66. The van der Waals surface area contributed by atoms with Crippen LogP contribution in [0.3, 0.4) is 0 Å². The fraction of sp³-hybridized carbons (Fsp3) is 0.120. The lowest BCUT2D eigenvalue weighted by Gasteiger charge is -2.13. The third-order valence-electron chi connectivity index (χ3n) is 5.88. The highest BCUT2D eigenvalue weighted by Gasteiger charge is 2.24. The lowest BCUT2D eigenvalue weighted by molar-refractivity contribution is 0.0960. The summed E-state index contributed by atoms with van der Waals surface area (Å²) < 4.78 is 46.2. The maximum atomic E-state index is 15.2. The molecule has 0 unspecified atom stereocenters. The Morgan fingerprint density at radius 3 is 2.79 bits per heavy atom. The van der Waals surface area contributed by atoms with E-state index in [0.29, 0.717) is 28.7 Å². The second-order valence-electron chi connectivity index (χ2n) is 8.36. The van der Waals surface area contributed by atoms with Crippen LogP contribution in [-0.4, -0.2) is 44.9 Å². The van der Waals surface area contributed by atoms with E-state index >= 15 is 4.39 Å². The Labute approximate surface area is 213 Å². The number of carbonyl (C=O) groups excluding carboxylic acids is 1. The van der Waals surface area contributed by atoms with Crippen LogP contribution in [0.4, 0.5) is 20.4 Å². The molecule has 0 radical (unpaired) electrons. The fourth-order valence-electron chi connectivity index (χ4n) is 4.10. The highest BCUT2D eigenvalue weighted by Crippen LogP contribution is 2.37. The number of hydrogen-bond acceptors (Lipinski definition) is 8. The van der Waals surface area contributed by atoms with Crippen LogP contribution in [0.2, 0.25) is 0 Å². The quantitative estimate of drug-likeness (QED) is 0.256. The molecule has 4 heterocycles. The number of ether oxygens (including phenoxy) is 3. The number of aryl methyl sites for hydroxylation is 1. The topological polar surface area (TPSA) is 139 Å². The first-order chi connectivity index (χ1) is 18.4. The second kappa shape index (κ2) is 9.03. The minimum Gasteiger partial charge on any atom is -0.454 e. The van der Waals surface area contributed by atoms with Crippen molar-refractivity contribution in [1.82, 2.24) is 30.5 Å². The van der Waals surface area contributed by atoms with Gasteiger partial charge in [-0.1, -0.05) is 0 Å². The van der Waals surface area contributed by atoms with Crippen molar-refractivity contribution in [2.24, 2.45) is 0 Å². The number of benzene rings is 2. The van der Waals surface area contributed by atoms with Crippen LogP contribution < -0.4 is 24.8 Å². The number of carbonyl (C=O) groups is 1. The molecule has 0 atom stereocenters. The van der Waals surface area contributed by atoms with Crippen molar-refractivity contribution in [1.29, 1.82) is 0 Å². The summed E-state index contributed by atoms with van der Waals surface area (Å²) in [5.41, 5.74) is 1.91. The van der Waals surface area contributed by atoms with Crippen LogP contribution in [0.15, 0.2) is 42.7 Å². The Hall–Kier alpha value is -5.20. The molecule has 4 N–H and O–H groups in total. The number of rotatable bonds is 6. The predicted octanol–water partition coefficient (Wildman–Crippen LogP) is 4.56. The normalized spacial score (nSPS) is 12.1. The summed E-state index contributed by atoms with van der Waals surface area (Å²) in [6.07, 6.45) is 1.13. The van der Waals surface area contributed by atoms with Crippen LogP contribution in [-0.2, 0) is 0 Å². The van der Waals surface area contributed by atoms with Crippen molar-refractivity contribution in [3.05, 3.63) is 65.6 Å². The molecule has 5 aromatic rings. The van der Waals surface area contributed by atoms with Crippen LogP contribution in [0.5, 0.6) is 23.1 Å². The first kappa shape index (κ1) is 23.2. The molecule has 3 aromatic heterocycles. The monoisotopic (exact) mass is 519 g/mol. The van der Waals surface area contributed by atoms with Gasteiger partial charge in [-0.05, 0) is 31.2 Å². The van der Waals surface area contributed by atoms with E-state index in [-0.39, 0.29) is 35.0 Å². The van der Waals surface area contributed by atoms with Crippen LogP contribution in [0.25, 0.3) is 22.2 Å². The first-order valence-corrected chi connectivity index (χ1v) is 11.4. The minimum absolute atomic E-state index is 0.0129. The maximum absolute atomic E-state index is 15.2. The molecule has 13 heteroatoms. The van der Waals surface area contributed by atoms with Gasteiger partial charge in [-0.2, -0.15) is 5.10 Å². The number of halogens is 2. The lowest BCUT2D eigenvalue weighted by atomic mass is 10.1. The smallest absolute Gasteiger partial charge is 0.260 e. The number of anilines is 2. The summed E-state index contributed by atoms with van der Waals surface area (Å²) in [7, 11) is 1.41. The summed E-state index contributed by atoms with van der Waals surface area (Å²) >= 11 is 0. The standard InChI is InChI=1S/C25H19F2N7O4/c1-11-5-13-21(27)18(7-14(26)22(13)31-11)38-25-20(24(35)28-2)23(29-9-30-25)32-19-8-15(33-34-19)12-3-4-16-17(6-12)37-10-36-16/h3-9,31H,10H2,1-2H3,(H,28,35)(H2,29,30,32,33,34). The Morgan fingerprint density at radius 2 is 1.95 bits per heavy atom. The van der Waals surface area contributed by atoms with Gasteiger partial charge < -0.3 is 29.8 Å². The molecular weight excluding hydrogens is 500 g/mol. The predicted molar refractivity (Wildman–Crippen MR) is 132 cm³/mol. The van der Waals surface area contributed by atoms with E-state index in [4.69, 9.17) is 14.2 Å². The number of aromatic amines is 2. The van der Waals surface area contributed by atoms with Gasteiger partial charge in [0.2, 0.25) is 12.7 Å². The average molecular weight is 519 g/mol. The maximum Gasteiger partial charge on any atom is 0.260 e. The second-order valence-corrected chi connectivity index (χ2v) is 8.36. The van der Waals surface area contributed by atoms with Crippen LogP contribution in [0.1, 0.15) is 16.1 Å². The summed E-state index contributed by atoms with van der Waals surface area (Å²) in [6, 6.07) is 9.49. The number of nitrogens with zero attached hydrogens (tertiary/aromatic N) is 3. The van der Waals surface area contributed by atoms with E-state index in [1.807, 2.05) is 12.1 Å². The van der Waals surface area contributed by atoms with Crippen molar-refractivity contribution in [3.63, 3.8) is 0 Å². The molecule has 192 valence electrons. The molecule has 0 saturated heterocycles.